The lowest BCUT2D eigenvalue weighted by atomic mass is 9.95. The van der Waals surface area contributed by atoms with Crippen molar-refractivity contribution in [1.82, 2.24) is 0 Å². The topological polar surface area (TPSA) is 78.1 Å². The first kappa shape index (κ1) is 25.9. The van der Waals surface area contributed by atoms with Crippen LogP contribution >= 0.6 is 0 Å². The number of phenols is 1. The van der Waals surface area contributed by atoms with E-state index in [0.29, 0.717) is 34.1 Å². The van der Waals surface area contributed by atoms with Crippen molar-refractivity contribution in [2.24, 2.45) is 0 Å². The van der Waals surface area contributed by atoms with E-state index in [1.807, 2.05) is 65.0 Å². The lowest BCUT2D eigenvalue weighted by Crippen LogP contribution is -2.27. The van der Waals surface area contributed by atoms with Crippen LogP contribution in [0.4, 0.5) is 0 Å². The van der Waals surface area contributed by atoms with Crippen molar-refractivity contribution in [2.75, 3.05) is 7.11 Å². The Labute approximate surface area is 216 Å². The van der Waals surface area contributed by atoms with Crippen molar-refractivity contribution in [1.29, 1.82) is 0 Å². The summed E-state index contributed by atoms with van der Waals surface area (Å²) in [7, 11) is 1.59. The average Bonchev–Trinajstić information content (AvgIpc) is 2.85. The summed E-state index contributed by atoms with van der Waals surface area (Å²) in [6, 6.07) is 8.70. The Morgan fingerprint density at radius 3 is 2.49 bits per heavy atom. The number of benzene rings is 2. The molecule has 0 saturated heterocycles. The summed E-state index contributed by atoms with van der Waals surface area (Å²) in [6.07, 6.45) is 8.16. The normalized spacial score (nSPS) is 14.9. The average molecular weight is 501 g/mol. The highest BCUT2D eigenvalue weighted by molar-refractivity contribution is 5.95. The molecule has 0 bridgehead atoms. The third-order valence-corrected chi connectivity index (χ3v) is 6.08. The van der Waals surface area contributed by atoms with Crippen molar-refractivity contribution < 1.29 is 23.7 Å². The van der Waals surface area contributed by atoms with Crippen LogP contribution in [0.25, 0.3) is 28.4 Å². The molecule has 2 heterocycles. The van der Waals surface area contributed by atoms with Crippen molar-refractivity contribution in [3.05, 3.63) is 93.9 Å². The maximum absolute atomic E-state index is 14.2. The van der Waals surface area contributed by atoms with Crippen molar-refractivity contribution in [3.8, 4) is 28.6 Å². The molecular formula is C31H32O6. The molecule has 1 aliphatic rings. The number of ether oxygens (including phenoxy) is 3. The van der Waals surface area contributed by atoms with E-state index in [2.05, 4.69) is 6.58 Å². The predicted molar refractivity (Wildman–Crippen MR) is 147 cm³/mol. The number of allylic oxidation sites excluding steroid dienone is 3. The van der Waals surface area contributed by atoms with Gasteiger partial charge in [0.25, 0.3) is 0 Å². The Morgan fingerprint density at radius 2 is 1.89 bits per heavy atom. The third-order valence-electron chi connectivity index (χ3n) is 6.08. The molecule has 0 saturated carbocycles. The number of aromatic hydroxyl groups is 1. The molecular weight excluding hydrogens is 468 g/mol. The molecule has 0 radical (unpaired) electrons. The van der Waals surface area contributed by atoms with E-state index < -0.39 is 17.1 Å². The number of hydrogen-bond acceptors (Lipinski definition) is 6. The van der Waals surface area contributed by atoms with Gasteiger partial charge in [0.15, 0.2) is 5.58 Å². The minimum Gasteiger partial charge on any atom is -0.507 e. The molecule has 4 rings (SSSR count). The van der Waals surface area contributed by atoms with Gasteiger partial charge in [0, 0.05) is 11.6 Å². The lowest BCUT2D eigenvalue weighted by Gasteiger charge is -2.28. The molecule has 1 aliphatic heterocycles. The minimum atomic E-state index is -0.798. The summed E-state index contributed by atoms with van der Waals surface area (Å²) in [5.41, 5.74) is 1.73. The minimum absolute atomic E-state index is 0.0651. The van der Waals surface area contributed by atoms with E-state index in [1.54, 1.807) is 31.4 Å². The highest BCUT2D eigenvalue weighted by atomic mass is 16.5. The van der Waals surface area contributed by atoms with Gasteiger partial charge in [-0.05, 0) is 89.3 Å². The van der Waals surface area contributed by atoms with Crippen LogP contribution < -0.4 is 14.9 Å². The zero-order chi connectivity index (χ0) is 26.9. The van der Waals surface area contributed by atoms with Crippen molar-refractivity contribution in [3.63, 3.8) is 0 Å². The molecule has 37 heavy (non-hydrogen) atoms. The summed E-state index contributed by atoms with van der Waals surface area (Å²) in [6.45, 7) is 13.3. The summed E-state index contributed by atoms with van der Waals surface area (Å²) < 4.78 is 24.1. The van der Waals surface area contributed by atoms with Gasteiger partial charge in [0.2, 0.25) is 5.43 Å². The Balaban J connectivity index is 2.11. The van der Waals surface area contributed by atoms with Gasteiger partial charge in [0.1, 0.15) is 45.9 Å². The third kappa shape index (κ3) is 5.05. The standard InChI is InChI=1S/C31H32O6/c1-8-20(9-2)35-25(16-18(3)4)27-28(33)26-23(32)17-24-22(14-15-31(5,6)37-24)30(26)36-29(27)19-10-12-21(34-7)13-11-19/h8-17,25,32H,1H2,2-7H3. The quantitative estimate of drug-likeness (QED) is 0.206. The van der Waals surface area contributed by atoms with E-state index in [4.69, 9.17) is 18.6 Å². The van der Waals surface area contributed by atoms with E-state index in [9.17, 15) is 9.90 Å². The van der Waals surface area contributed by atoms with Crippen LogP contribution in [0.5, 0.6) is 17.2 Å². The molecule has 192 valence electrons. The fraction of sp³-hybridized carbons (Fsp3) is 0.258. The van der Waals surface area contributed by atoms with Crippen LogP contribution in [-0.2, 0) is 4.74 Å². The van der Waals surface area contributed by atoms with E-state index in [-0.39, 0.29) is 22.3 Å². The number of rotatable bonds is 7. The van der Waals surface area contributed by atoms with Crippen LogP contribution in [0.1, 0.15) is 51.8 Å². The van der Waals surface area contributed by atoms with Gasteiger partial charge in [-0.3, -0.25) is 4.79 Å². The van der Waals surface area contributed by atoms with Crippen molar-refractivity contribution >= 4 is 17.0 Å². The molecule has 3 aromatic rings. The van der Waals surface area contributed by atoms with E-state index in [0.717, 1.165) is 5.57 Å². The predicted octanol–water partition coefficient (Wildman–Crippen LogP) is 7.47. The summed E-state index contributed by atoms with van der Waals surface area (Å²) in [4.78, 5) is 14.2. The first-order chi connectivity index (χ1) is 17.6. The van der Waals surface area contributed by atoms with Crippen LogP contribution in [0.2, 0.25) is 0 Å². The first-order valence-electron chi connectivity index (χ1n) is 12.1. The molecule has 1 unspecified atom stereocenters. The van der Waals surface area contributed by atoms with Gasteiger partial charge in [0.05, 0.1) is 18.2 Å². The molecule has 1 N–H and O–H groups in total. The van der Waals surface area contributed by atoms with Crippen LogP contribution in [0.15, 0.2) is 81.8 Å². The number of methoxy groups -OCH3 is 1. The maximum Gasteiger partial charge on any atom is 0.204 e. The second-order valence-corrected chi connectivity index (χ2v) is 9.63. The Bertz CT molecular complexity index is 1500. The van der Waals surface area contributed by atoms with Gasteiger partial charge in [-0.15, -0.1) is 0 Å². The second-order valence-electron chi connectivity index (χ2n) is 9.63. The van der Waals surface area contributed by atoms with Crippen LogP contribution in [0, 0.1) is 0 Å². The number of fused-ring (bicyclic) bond motifs is 3. The molecule has 6 nitrogen and oxygen atoms in total. The molecule has 2 aromatic carbocycles. The van der Waals surface area contributed by atoms with E-state index in [1.165, 1.54) is 6.07 Å². The van der Waals surface area contributed by atoms with Crippen LogP contribution in [0.3, 0.4) is 0 Å². The lowest BCUT2D eigenvalue weighted by molar-refractivity contribution is 0.158. The summed E-state index contributed by atoms with van der Waals surface area (Å²) in [5, 5.41) is 11.1. The monoisotopic (exact) mass is 500 g/mol. The smallest absolute Gasteiger partial charge is 0.204 e. The number of hydrogen-bond donors (Lipinski definition) is 1. The summed E-state index contributed by atoms with van der Waals surface area (Å²) >= 11 is 0. The molecule has 0 amide bonds. The first-order valence-corrected chi connectivity index (χ1v) is 12.1. The van der Waals surface area contributed by atoms with Gasteiger partial charge in [-0.1, -0.05) is 12.2 Å². The Kier molecular flexibility index (Phi) is 7.03. The highest BCUT2D eigenvalue weighted by Crippen LogP contribution is 2.43. The largest absolute Gasteiger partial charge is 0.507 e. The van der Waals surface area contributed by atoms with E-state index >= 15 is 0 Å². The number of phenolic OH excluding ortho intramolecular Hbond substituents is 1. The fourth-order valence-corrected chi connectivity index (χ4v) is 4.28. The van der Waals surface area contributed by atoms with Gasteiger partial charge < -0.3 is 23.7 Å². The Hall–Kier alpha value is -4.19. The van der Waals surface area contributed by atoms with Gasteiger partial charge in [-0.2, -0.15) is 0 Å². The second kappa shape index (κ2) is 10.1. The maximum atomic E-state index is 14.2. The van der Waals surface area contributed by atoms with Crippen LogP contribution in [-0.4, -0.2) is 17.8 Å². The van der Waals surface area contributed by atoms with Crippen molar-refractivity contribution in [2.45, 2.75) is 46.3 Å². The summed E-state index contributed by atoms with van der Waals surface area (Å²) in [5.74, 6) is 1.72. The zero-order valence-electron chi connectivity index (χ0n) is 22.0. The SMILES string of the molecule is C=CC(=CC)OC(C=C(C)C)c1c(-c2ccc(OC)cc2)oc2c3c(cc(O)c2c1=O)OC(C)(C)C=C3. The molecule has 1 aromatic heterocycles. The fourth-order valence-electron chi connectivity index (χ4n) is 4.28. The molecule has 1 atom stereocenters. The molecule has 0 fully saturated rings. The van der Waals surface area contributed by atoms with Gasteiger partial charge in [-0.25, -0.2) is 0 Å². The highest BCUT2D eigenvalue weighted by Gasteiger charge is 2.30. The zero-order valence-corrected chi connectivity index (χ0v) is 22.0. The van der Waals surface area contributed by atoms with Gasteiger partial charge >= 0.3 is 0 Å². The molecule has 0 aliphatic carbocycles. The molecule has 0 spiro atoms. The molecule has 6 heteroatoms. The Morgan fingerprint density at radius 1 is 1.19 bits per heavy atom.